The first kappa shape index (κ1) is 30.5. The monoisotopic (exact) mass is 590 g/mol. The topological polar surface area (TPSA) is 77.5 Å². The van der Waals surface area contributed by atoms with E-state index < -0.39 is 25.3 Å². The summed E-state index contributed by atoms with van der Waals surface area (Å²) in [6.45, 7) is 12.2. The molecule has 0 bridgehead atoms. The molecule has 4 rings (SSSR count). The molecule has 1 atom stereocenters. The summed E-state index contributed by atoms with van der Waals surface area (Å²) in [5.41, 5.74) is 2.13. The second kappa shape index (κ2) is 11.5. The summed E-state index contributed by atoms with van der Waals surface area (Å²) in [5.74, 6) is 0.518. The Morgan fingerprint density at radius 3 is 1.29 bits per heavy atom. The molecule has 0 spiro atoms. The van der Waals surface area contributed by atoms with Crippen LogP contribution in [0, 0.1) is 6.92 Å². The van der Waals surface area contributed by atoms with Crippen molar-refractivity contribution in [1.82, 2.24) is 0 Å². The Morgan fingerprint density at radius 1 is 0.537 bits per heavy atom. The van der Waals surface area contributed by atoms with Crippen LogP contribution >= 0.6 is 0 Å². The summed E-state index contributed by atoms with van der Waals surface area (Å²) in [6, 6.07) is 27.1. The van der Waals surface area contributed by atoms with Crippen molar-refractivity contribution in [3.63, 3.8) is 0 Å². The highest BCUT2D eigenvalue weighted by Gasteiger charge is 2.28. The lowest BCUT2D eigenvalue weighted by Crippen LogP contribution is -2.28. The van der Waals surface area contributed by atoms with Crippen LogP contribution in [-0.2, 0) is 30.7 Å². The highest BCUT2D eigenvalue weighted by molar-refractivity contribution is 7.91. The van der Waals surface area contributed by atoms with Gasteiger partial charge in [0, 0.05) is 0 Å². The maximum atomic E-state index is 13.3. The molecule has 0 saturated carbocycles. The molecule has 7 heteroatoms. The zero-order valence-electron chi connectivity index (χ0n) is 24.5. The van der Waals surface area contributed by atoms with Crippen molar-refractivity contribution >= 4 is 19.7 Å². The number of hydrogen-bond donors (Lipinski definition) is 0. The molecule has 0 heterocycles. The average molecular weight is 591 g/mol. The summed E-state index contributed by atoms with van der Waals surface area (Å²) in [7, 11) is -7.32. The van der Waals surface area contributed by atoms with Crippen LogP contribution in [0.25, 0.3) is 0 Å². The van der Waals surface area contributed by atoms with E-state index in [4.69, 9.17) is 4.74 Å². The van der Waals surface area contributed by atoms with E-state index in [-0.39, 0.29) is 25.0 Å². The number of ether oxygens (including phenoxy) is 1. The molecule has 216 valence electrons. The van der Waals surface area contributed by atoms with Gasteiger partial charge in [0.25, 0.3) is 0 Å². The van der Waals surface area contributed by atoms with Crippen LogP contribution in [0.5, 0.6) is 5.75 Å². The largest absolute Gasteiger partial charge is 0.483 e. The standard InChI is InChI=1S/C34H38O5S2/c1-7-33(4,5)26-11-19-30(20-12-26)41(37,38)32-23-15-28(16-24-32)39-34(6,8-2)27-13-21-31(22-14-27)40(35,36)29-17-9-25(3)10-18-29/h9-24H,7-8H2,1-6H3. The van der Waals surface area contributed by atoms with E-state index in [2.05, 4.69) is 20.8 Å². The summed E-state index contributed by atoms with van der Waals surface area (Å²) in [5, 5.41) is 0. The van der Waals surface area contributed by atoms with Crippen molar-refractivity contribution in [3.05, 3.63) is 114 Å². The van der Waals surface area contributed by atoms with E-state index in [0.29, 0.717) is 12.2 Å². The van der Waals surface area contributed by atoms with Gasteiger partial charge in [-0.3, -0.25) is 0 Å². The smallest absolute Gasteiger partial charge is 0.206 e. The van der Waals surface area contributed by atoms with Gasteiger partial charge >= 0.3 is 0 Å². The predicted octanol–water partition coefficient (Wildman–Crippen LogP) is 8.05. The molecule has 0 aliphatic rings. The van der Waals surface area contributed by atoms with Gasteiger partial charge < -0.3 is 4.74 Å². The van der Waals surface area contributed by atoms with Gasteiger partial charge in [-0.05, 0) is 104 Å². The van der Waals surface area contributed by atoms with Crippen LogP contribution in [0.1, 0.15) is 64.2 Å². The molecular formula is C34H38O5S2. The Balaban J connectivity index is 1.53. The number of rotatable bonds is 10. The number of benzene rings is 4. The first-order valence-electron chi connectivity index (χ1n) is 13.8. The van der Waals surface area contributed by atoms with Crippen LogP contribution in [0.3, 0.4) is 0 Å². The van der Waals surface area contributed by atoms with Crippen LogP contribution < -0.4 is 4.74 Å². The molecule has 0 radical (unpaired) electrons. The molecular weight excluding hydrogens is 553 g/mol. The number of sulfone groups is 2. The minimum Gasteiger partial charge on any atom is -0.483 e. The van der Waals surface area contributed by atoms with Crippen LogP contribution in [-0.4, -0.2) is 16.8 Å². The van der Waals surface area contributed by atoms with Crippen LogP contribution in [0.2, 0.25) is 0 Å². The Labute approximate surface area is 245 Å². The highest BCUT2D eigenvalue weighted by Crippen LogP contribution is 2.34. The molecule has 0 saturated heterocycles. The van der Waals surface area contributed by atoms with Crippen molar-refractivity contribution in [3.8, 4) is 5.75 Å². The fraction of sp³-hybridized carbons (Fsp3) is 0.294. The van der Waals surface area contributed by atoms with Crippen molar-refractivity contribution in [1.29, 1.82) is 0 Å². The number of aryl methyl sites for hydroxylation is 1. The van der Waals surface area contributed by atoms with E-state index in [1.165, 1.54) is 0 Å². The third kappa shape index (κ3) is 6.26. The van der Waals surface area contributed by atoms with Gasteiger partial charge in [0.15, 0.2) is 0 Å². The van der Waals surface area contributed by atoms with E-state index in [1.807, 2.05) is 32.9 Å². The minimum absolute atomic E-state index is 0.0249. The first-order chi connectivity index (χ1) is 19.2. The third-order valence-electron chi connectivity index (χ3n) is 8.09. The zero-order chi connectivity index (χ0) is 30.1. The molecule has 0 aromatic heterocycles. The highest BCUT2D eigenvalue weighted by atomic mass is 32.2. The molecule has 41 heavy (non-hydrogen) atoms. The van der Waals surface area contributed by atoms with Crippen molar-refractivity contribution < 1.29 is 21.6 Å². The molecule has 4 aromatic carbocycles. The first-order valence-corrected chi connectivity index (χ1v) is 16.8. The lowest BCUT2D eigenvalue weighted by atomic mass is 9.82. The van der Waals surface area contributed by atoms with E-state index in [1.54, 1.807) is 84.9 Å². The maximum Gasteiger partial charge on any atom is 0.206 e. The van der Waals surface area contributed by atoms with Gasteiger partial charge in [0.1, 0.15) is 11.4 Å². The van der Waals surface area contributed by atoms with Crippen molar-refractivity contribution in [2.24, 2.45) is 0 Å². The van der Waals surface area contributed by atoms with Gasteiger partial charge in [-0.2, -0.15) is 0 Å². The SMILES string of the molecule is CCC(C)(C)c1ccc(S(=O)(=O)c2ccc(OC(C)(CC)c3ccc(S(=O)(=O)c4ccc(C)cc4)cc3)cc2)cc1. The second-order valence-electron chi connectivity index (χ2n) is 11.3. The molecule has 0 aliphatic heterocycles. The van der Waals surface area contributed by atoms with Gasteiger partial charge in [-0.15, -0.1) is 0 Å². The van der Waals surface area contributed by atoms with Crippen molar-refractivity contribution in [2.45, 2.75) is 85.0 Å². The maximum absolute atomic E-state index is 13.3. The Hall–Kier alpha value is -3.42. The van der Waals surface area contributed by atoms with E-state index in [0.717, 1.165) is 23.1 Å². The number of hydrogen-bond acceptors (Lipinski definition) is 5. The van der Waals surface area contributed by atoms with Gasteiger partial charge in [0.05, 0.1) is 19.6 Å². The van der Waals surface area contributed by atoms with Gasteiger partial charge in [0.2, 0.25) is 19.7 Å². The molecule has 4 aromatic rings. The van der Waals surface area contributed by atoms with Gasteiger partial charge in [-0.25, -0.2) is 16.8 Å². The molecule has 0 aliphatic carbocycles. The summed E-state index contributed by atoms with van der Waals surface area (Å²) < 4.78 is 59.1. The molecule has 1 unspecified atom stereocenters. The third-order valence-corrected chi connectivity index (χ3v) is 11.7. The summed E-state index contributed by atoms with van der Waals surface area (Å²) in [4.78, 5) is 0.905. The van der Waals surface area contributed by atoms with Crippen molar-refractivity contribution in [2.75, 3.05) is 0 Å². The Bertz CT molecular complexity index is 1700. The van der Waals surface area contributed by atoms with E-state index >= 15 is 0 Å². The van der Waals surface area contributed by atoms with Gasteiger partial charge in [-0.1, -0.05) is 69.7 Å². The van der Waals surface area contributed by atoms with Crippen LogP contribution in [0.15, 0.2) is 117 Å². The normalized spacial score (nSPS) is 13.9. The zero-order valence-corrected chi connectivity index (χ0v) is 26.1. The fourth-order valence-electron chi connectivity index (χ4n) is 4.55. The Morgan fingerprint density at radius 2 is 0.902 bits per heavy atom. The quantitative estimate of drug-likeness (QED) is 0.187. The fourth-order valence-corrected chi connectivity index (χ4v) is 7.07. The average Bonchev–Trinajstić information content (AvgIpc) is 2.97. The molecule has 5 nitrogen and oxygen atoms in total. The van der Waals surface area contributed by atoms with E-state index in [9.17, 15) is 16.8 Å². The lowest BCUT2D eigenvalue weighted by molar-refractivity contribution is 0.0825. The second-order valence-corrected chi connectivity index (χ2v) is 15.2. The lowest BCUT2D eigenvalue weighted by Gasteiger charge is -2.30. The molecule has 0 fully saturated rings. The molecule has 0 amide bonds. The summed E-state index contributed by atoms with van der Waals surface area (Å²) in [6.07, 6.45) is 1.56. The van der Waals surface area contributed by atoms with Crippen LogP contribution in [0.4, 0.5) is 0 Å². The molecule has 0 N–H and O–H groups in total. The minimum atomic E-state index is -3.68. The predicted molar refractivity (Wildman–Crippen MR) is 163 cm³/mol. The Kier molecular flexibility index (Phi) is 8.53. The summed E-state index contributed by atoms with van der Waals surface area (Å²) >= 11 is 0.